The van der Waals surface area contributed by atoms with Crippen LogP contribution in [0.2, 0.25) is 0 Å². The Morgan fingerprint density at radius 2 is 1.82 bits per heavy atom. The Labute approximate surface area is 159 Å². The zero-order valence-corrected chi connectivity index (χ0v) is 14.7. The quantitative estimate of drug-likeness (QED) is 0.550. The maximum absolute atomic E-state index is 14.4. The number of H-pyrrole nitrogens is 1. The summed E-state index contributed by atoms with van der Waals surface area (Å²) in [5, 5.41) is 3.50. The van der Waals surface area contributed by atoms with Crippen LogP contribution in [0.5, 0.6) is 0 Å². The molecule has 5 nitrogen and oxygen atoms in total. The lowest BCUT2D eigenvalue weighted by atomic mass is 10.0. The van der Waals surface area contributed by atoms with Gasteiger partial charge in [-0.3, -0.25) is 9.78 Å². The highest BCUT2D eigenvalue weighted by molar-refractivity contribution is 6.06. The summed E-state index contributed by atoms with van der Waals surface area (Å²) in [6.07, 6.45) is 4.65. The van der Waals surface area contributed by atoms with Crippen LogP contribution < -0.4 is 5.32 Å². The van der Waals surface area contributed by atoms with E-state index in [0.717, 1.165) is 0 Å². The van der Waals surface area contributed by atoms with Crippen LogP contribution in [0.4, 0.5) is 8.78 Å². The fourth-order valence-electron chi connectivity index (χ4n) is 3.07. The third kappa shape index (κ3) is 3.34. The largest absolute Gasteiger partial charge is 0.345 e. The lowest BCUT2D eigenvalue weighted by Crippen LogP contribution is -2.30. The second kappa shape index (κ2) is 7.56. The topological polar surface area (TPSA) is 70.7 Å². The third-order valence-corrected chi connectivity index (χ3v) is 4.50. The predicted molar refractivity (Wildman–Crippen MR) is 101 cm³/mol. The van der Waals surface area contributed by atoms with Crippen LogP contribution in [0, 0.1) is 5.82 Å². The van der Waals surface area contributed by atoms with E-state index in [4.69, 9.17) is 0 Å². The van der Waals surface area contributed by atoms with Crippen molar-refractivity contribution in [2.75, 3.05) is 0 Å². The standard InChI is InChI=1S/C21H16F2N4O/c22-11-13-5-7-14(8-6-13)18(19-17(23)4-2-9-24-19)27-21(28)16-12-26-20-15(16)3-1-10-25-20/h1-10,12,18H,11H2,(H,25,26)(H,27,28)/t18-/m0/s1. The number of aromatic amines is 1. The number of aromatic nitrogens is 3. The molecule has 0 unspecified atom stereocenters. The Balaban J connectivity index is 1.73. The van der Waals surface area contributed by atoms with Gasteiger partial charge in [0.05, 0.1) is 11.6 Å². The first-order valence-electron chi connectivity index (χ1n) is 8.65. The van der Waals surface area contributed by atoms with E-state index in [1.54, 1.807) is 48.8 Å². The minimum absolute atomic E-state index is 0.0850. The third-order valence-electron chi connectivity index (χ3n) is 4.50. The Morgan fingerprint density at radius 1 is 1.07 bits per heavy atom. The number of carbonyl (C=O) groups excluding carboxylic acids is 1. The first kappa shape index (κ1) is 17.8. The van der Waals surface area contributed by atoms with E-state index >= 15 is 0 Å². The van der Waals surface area contributed by atoms with E-state index in [9.17, 15) is 13.6 Å². The van der Waals surface area contributed by atoms with Crippen molar-refractivity contribution in [2.45, 2.75) is 12.7 Å². The molecule has 4 aromatic rings. The highest BCUT2D eigenvalue weighted by atomic mass is 19.1. The second-order valence-corrected chi connectivity index (χ2v) is 6.25. The molecule has 0 saturated heterocycles. The molecule has 3 aromatic heterocycles. The van der Waals surface area contributed by atoms with Crippen LogP contribution in [0.1, 0.15) is 33.2 Å². The summed E-state index contributed by atoms with van der Waals surface area (Å²) in [6, 6.07) is 12.0. The fourth-order valence-corrected chi connectivity index (χ4v) is 3.07. The molecule has 140 valence electrons. The van der Waals surface area contributed by atoms with Gasteiger partial charge in [-0.05, 0) is 35.4 Å². The zero-order chi connectivity index (χ0) is 19.5. The number of fused-ring (bicyclic) bond motifs is 1. The highest BCUT2D eigenvalue weighted by Crippen LogP contribution is 2.25. The van der Waals surface area contributed by atoms with Crippen LogP contribution in [0.15, 0.2) is 67.1 Å². The number of hydrogen-bond donors (Lipinski definition) is 2. The number of carbonyl (C=O) groups is 1. The van der Waals surface area contributed by atoms with Crippen molar-refractivity contribution in [3.8, 4) is 0 Å². The zero-order valence-electron chi connectivity index (χ0n) is 14.7. The predicted octanol–water partition coefficient (Wildman–Crippen LogP) is 4.09. The molecular formula is C21H16F2N4O. The van der Waals surface area contributed by atoms with Crippen LogP contribution in [-0.4, -0.2) is 20.9 Å². The molecule has 1 atom stereocenters. The van der Waals surface area contributed by atoms with Crippen molar-refractivity contribution in [1.29, 1.82) is 0 Å². The maximum atomic E-state index is 14.4. The number of hydrogen-bond acceptors (Lipinski definition) is 3. The van der Waals surface area contributed by atoms with Gasteiger partial charge in [0, 0.05) is 24.0 Å². The molecule has 4 rings (SSSR count). The summed E-state index contributed by atoms with van der Waals surface area (Å²) in [6.45, 7) is -0.600. The van der Waals surface area contributed by atoms with E-state index in [1.807, 2.05) is 0 Å². The molecule has 0 radical (unpaired) electrons. The van der Waals surface area contributed by atoms with Gasteiger partial charge >= 0.3 is 0 Å². The van der Waals surface area contributed by atoms with Gasteiger partial charge in [0.15, 0.2) is 0 Å². The lowest BCUT2D eigenvalue weighted by molar-refractivity contribution is 0.0943. The molecule has 0 spiro atoms. The van der Waals surface area contributed by atoms with Gasteiger partial charge in [0.1, 0.15) is 23.8 Å². The van der Waals surface area contributed by atoms with Crippen molar-refractivity contribution >= 4 is 16.9 Å². The Hall–Kier alpha value is -3.61. The van der Waals surface area contributed by atoms with Gasteiger partial charge in [-0.1, -0.05) is 24.3 Å². The van der Waals surface area contributed by atoms with E-state index in [1.165, 1.54) is 18.3 Å². The summed E-state index contributed by atoms with van der Waals surface area (Å²) in [7, 11) is 0. The van der Waals surface area contributed by atoms with Crippen LogP contribution in [-0.2, 0) is 6.67 Å². The number of alkyl halides is 1. The summed E-state index contributed by atoms with van der Waals surface area (Å²) < 4.78 is 27.3. The van der Waals surface area contributed by atoms with Crippen LogP contribution >= 0.6 is 0 Å². The molecule has 3 heterocycles. The fraction of sp³-hybridized carbons (Fsp3) is 0.0952. The number of benzene rings is 1. The van der Waals surface area contributed by atoms with Gasteiger partial charge in [-0.2, -0.15) is 0 Å². The average Bonchev–Trinajstić information content (AvgIpc) is 3.17. The molecule has 28 heavy (non-hydrogen) atoms. The lowest BCUT2D eigenvalue weighted by Gasteiger charge is -2.19. The minimum Gasteiger partial charge on any atom is -0.345 e. The second-order valence-electron chi connectivity index (χ2n) is 6.25. The minimum atomic E-state index is -0.830. The Bertz CT molecular complexity index is 1120. The Kier molecular flexibility index (Phi) is 4.80. The normalized spacial score (nSPS) is 12.1. The Morgan fingerprint density at radius 3 is 2.57 bits per heavy atom. The first-order chi connectivity index (χ1) is 13.7. The molecule has 1 aromatic carbocycles. The van der Waals surface area contributed by atoms with E-state index < -0.39 is 24.4 Å². The smallest absolute Gasteiger partial charge is 0.254 e. The van der Waals surface area contributed by atoms with Crippen molar-refractivity contribution < 1.29 is 13.6 Å². The summed E-state index contributed by atoms with van der Waals surface area (Å²) in [5.41, 5.74) is 2.16. The van der Waals surface area contributed by atoms with Crippen molar-refractivity contribution in [3.05, 3.63) is 95.3 Å². The molecule has 7 heteroatoms. The number of amides is 1. The number of rotatable bonds is 5. The van der Waals surface area contributed by atoms with Crippen molar-refractivity contribution in [1.82, 2.24) is 20.3 Å². The van der Waals surface area contributed by atoms with Crippen LogP contribution in [0.25, 0.3) is 11.0 Å². The monoisotopic (exact) mass is 378 g/mol. The van der Waals surface area contributed by atoms with Gasteiger partial charge in [0.25, 0.3) is 5.91 Å². The number of pyridine rings is 2. The van der Waals surface area contributed by atoms with Gasteiger partial charge in [-0.25, -0.2) is 13.8 Å². The molecule has 0 aliphatic rings. The summed E-state index contributed by atoms with van der Waals surface area (Å²) in [5.74, 6) is -0.938. The number of nitrogens with zero attached hydrogens (tertiary/aromatic N) is 2. The molecule has 2 N–H and O–H groups in total. The van der Waals surface area contributed by atoms with Crippen LogP contribution in [0.3, 0.4) is 0 Å². The molecule has 0 aliphatic heterocycles. The van der Waals surface area contributed by atoms with Crippen molar-refractivity contribution in [3.63, 3.8) is 0 Å². The number of nitrogens with one attached hydrogen (secondary N) is 2. The SMILES string of the molecule is O=C(N[C@@H](c1ccc(CF)cc1)c1ncccc1F)c1c[nH]c2ncccc12. The average molecular weight is 378 g/mol. The van der Waals surface area contributed by atoms with Crippen molar-refractivity contribution in [2.24, 2.45) is 0 Å². The van der Waals surface area contributed by atoms with Gasteiger partial charge < -0.3 is 10.3 Å². The number of halogens is 2. The molecule has 1 amide bonds. The first-order valence-corrected chi connectivity index (χ1v) is 8.65. The highest BCUT2D eigenvalue weighted by Gasteiger charge is 2.23. The maximum Gasteiger partial charge on any atom is 0.254 e. The molecule has 0 bridgehead atoms. The summed E-state index contributed by atoms with van der Waals surface area (Å²) >= 11 is 0. The molecular weight excluding hydrogens is 362 g/mol. The van der Waals surface area contributed by atoms with Gasteiger partial charge in [0.2, 0.25) is 0 Å². The van der Waals surface area contributed by atoms with E-state index in [2.05, 4.69) is 20.3 Å². The molecule has 0 saturated carbocycles. The summed E-state index contributed by atoms with van der Waals surface area (Å²) in [4.78, 5) is 24.2. The van der Waals surface area contributed by atoms with Gasteiger partial charge in [-0.15, -0.1) is 0 Å². The molecule has 0 aliphatic carbocycles. The van der Waals surface area contributed by atoms with E-state index in [-0.39, 0.29) is 5.69 Å². The molecule has 0 fully saturated rings. The van der Waals surface area contributed by atoms with E-state index in [0.29, 0.717) is 27.7 Å².